The van der Waals surface area contributed by atoms with E-state index in [1.54, 1.807) is 0 Å². The van der Waals surface area contributed by atoms with Gasteiger partial charge in [-0.25, -0.2) is 8.42 Å². The maximum atomic E-state index is 12.2. The number of phenolic OH excluding ortho intramolecular Hbond substituents is 1. The van der Waals surface area contributed by atoms with E-state index >= 15 is 0 Å². The molecule has 2 aromatic carbocycles. The van der Waals surface area contributed by atoms with E-state index in [2.05, 4.69) is 20.7 Å². The van der Waals surface area contributed by atoms with Crippen molar-refractivity contribution in [3.63, 3.8) is 0 Å². The fourth-order valence-corrected chi connectivity index (χ4v) is 3.66. The fourth-order valence-electron chi connectivity index (χ4n) is 1.46. The van der Waals surface area contributed by atoms with E-state index in [4.69, 9.17) is 23.2 Å². The molecule has 0 aliphatic rings. The minimum absolute atomic E-state index is 0.00809. The number of anilines is 1. The SMILES string of the molecule is O=S(=O)(Nc1ccc(O)c(Br)c1)c1cc(Cl)ccc1Cl. The molecule has 0 spiro atoms. The summed E-state index contributed by atoms with van der Waals surface area (Å²) in [5.41, 5.74) is 0.283. The van der Waals surface area contributed by atoms with Crippen LogP contribution in [0, 0.1) is 0 Å². The average molecular weight is 397 g/mol. The summed E-state index contributed by atoms with van der Waals surface area (Å²) in [5, 5.41) is 9.71. The van der Waals surface area contributed by atoms with Gasteiger partial charge in [-0.3, -0.25) is 4.72 Å². The Kier molecular flexibility index (Phi) is 4.49. The van der Waals surface area contributed by atoms with Gasteiger partial charge in [0.05, 0.1) is 15.2 Å². The van der Waals surface area contributed by atoms with Crippen LogP contribution in [-0.2, 0) is 10.0 Å². The molecule has 106 valence electrons. The van der Waals surface area contributed by atoms with Crippen LogP contribution in [0.4, 0.5) is 5.69 Å². The predicted molar refractivity (Wildman–Crippen MR) is 83.1 cm³/mol. The summed E-state index contributed by atoms with van der Waals surface area (Å²) in [6, 6.07) is 8.40. The number of phenols is 1. The van der Waals surface area contributed by atoms with Gasteiger partial charge in [-0.05, 0) is 52.3 Å². The van der Waals surface area contributed by atoms with Crippen LogP contribution in [0.25, 0.3) is 0 Å². The third-order valence-corrected chi connectivity index (χ3v) is 5.12. The zero-order chi connectivity index (χ0) is 14.9. The lowest BCUT2D eigenvalue weighted by Crippen LogP contribution is -2.13. The zero-order valence-electron chi connectivity index (χ0n) is 9.77. The first-order valence-corrected chi connectivity index (χ1v) is 8.29. The highest BCUT2D eigenvalue weighted by atomic mass is 79.9. The molecule has 0 atom stereocenters. The lowest BCUT2D eigenvalue weighted by atomic mass is 10.3. The van der Waals surface area contributed by atoms with E-state index in [-0.39, 0.29) is 26.4 Å². The summed E-state index contributed by atoms with van der Waals surface area (Å²) >= 11 is 14.8. The molecule has 0 fully saturated rings. The molecule has 0 heterocycles. The summed E-state index contributed by atoms with van der Waals surface area (Å²) in [4.78, 5) is -0.115. The molecule has 0 aliphatic heterocycles. The van der Waals surface area contributed by atoms with E-state index in [9.17, 15) is 13.5 Å². The van der Waals surface area contributed by atoms with Gasteiger partial charge in [-0.1, -0.05) is 23.2 Å². The van der Waals surface area contributed by atoms with E-state index in [1.807, 2.05) is 0 Å². The van der Waals surface area contributed by atoms with Gasteiger partial charge in [0.2, 0.25) is 0 Å². The van der Waals surface area contributed by atoms with Gasteiger partial charge in [0, 0.05) is 5.02 Å². The van der Waals surface area contributed by atoms with Crippen molar-refractivity contribution < 1.29 is 13.5 Å². The Hall–Kier alpha value is -0.950. The second-order valence-electron chi connectivity index (χ2n) is 3.85. The molecule has 2 aromatic rings. The number of nitrogens with one attached hydrogen (secondary N) is 1. The van der Waals surface area contributed by atoms with Crippen LogP contribution in [0.1, 0.15) is 0 Å². The summed E-state index contributed by atoms with van der Waals surface area (Å²) < 4.78 is 27.2. The first kappa shape index (κ1) is 15.4. The molecule has 0 radical (unpaired) electrons. The van der Waals surface area contributed by atoms with Crippen LogP contribution >= 0.6 is 39.1 Å². The Balaban J connectivity index is 2.40. The highest BCUT2D eigenvalue weighted by Gasteiger charge is 2.19. The topological polar surface area (TPSA) is 66.4 Å². The minimum Gasteiger partial charge on any atom is -0.507 e. The number of benzene rings is 2. The standard InChI is InChI=1S/C12H8BrCl2NO3S/c13-9-6-8(2-4-11(9)17)16-20(18,19)12-5-7(14)1-3-10(12)15/h1-6,16-17H. The van der Waals surface area contributed by atoms with Crippen molar-refractivity contribution >= 4 is 54.8 Å². The summed E-state index contributed by atoms with van der Waals surface area (Å²) in [6.07, 6.45) is 0. The van der Waals surface area contributed by atoms with E-state index < -0.39 is 10.0 Å². The number of halogens is 3. The van der Waals surface area contributed by atoms with Crippen molar-refractivity contribution in [1.82, 2.24) is 0 Å². The third-order valence-electron chi connectivity index (χ3n) is 2.38. The lowest BCUT2D eigenvalue weighted by molar-refractivity contribution is 0.472. The molecule has 4 nitrogen and oxygen atoms in total. The highest BCUT2D eigenvalue weighted by molar-refractivity contribution is 9.10. The Morgan fingerprint density at radius 3 is 2.45 bits per heavy atom. The number of hydrogen-bond donors (Lipinski definition) is 2. The highest BCUT2D eigenvalue weighted by Crippen LogP contribution is 2.30. The normalized spacial score (nSPS) is 11.3. The Morgan fingerprint density at radius 2 is 1.80 bits per heavy atom. The third kappa shape index (κ3) is 3.38. The Labute approximate surface area is 134 Å². The molecule has 0 aliphatic carbocycles. The van der Waals surface area contributed by atoms with Crippen molar-refractivity contribution in [2.45, 2.75) is 4.90 Å². The van der Waals surface area contributed by atoms with Crippen LogP contribution in [0.2, 0.25) is 10.0 Å². The number of hydrogen-bond acceptors (Lipinski definition) is 3. The van der Waals surface area contributed by atoms with Crippen molar-refractivity contribution in [3.8, 4) is 5.75 Å². The Bertz CT molecular complexity index is 765. The number of rotatable bonds is 3. The second-order valence-corrected chi connectivity index (χ2v) is 7.20. The first-order chi connectivity index (χ1) is 9.29. The lowest BCUT2D eigenvalue weighted by Gasteiger charge is -2.10. The van der Waals surface area contributed by atoms with E-state index in [1.165, 1.54) is 36.4 Å². The molecule has 8 heteroatoms. The summed E-state index contributed by atoms with van der Waals surface area (Å²) in [7, 11) is -3.86. The molecule has 0 saturated heterocycles. The molecule has 0 bridgehead atoms. The molecule has 0 amide bonds. The second kappa shape index (κ2) is 5.81. The molecule has 20 heavy (non-hydrogen) atoms. The van der Waals surface area contributed by atoms with Crippen molar-refractivity contribution in [2.75, 3.05) is 4.72 Å². The van der Waals surface area contributed by atoms with Crippen LogP contribution in [0.3, 0.4) is 0 Å². The van der Waals surface area contributed by atoms with Gasteiger partial charge in [-0.15, -0.1) is 0 Å². The van der Waals surface area contributed by atoms with Crippen LogP contribution in [0.5, 0.6) is 5.75 Å². The average Bonchev–Trinajstić information content (AvgIpc) is 2.36. The van der Waals surface area contributed by atoms with Crippen LogP contribution in [-0.4, -0.2) is 13.5 Å². The van der Waals surface area contributed by atoms with Gasteiger partial charge < -0.3 is 5.11 Å². The molecular formula is C12H8BrCl2NO3S. The number of sulfonamides is 1. The zero-order valence-corrected chi connectivity index (χ0v) is 13.7. The monoisotopic (exact) mass is 395 g/mol. The molecule has 0 aromatic heterocycles. The maximum Gasteiger partial charge on any atom is 0.263 e. The molecular weight excluding hydrogens is 389 g/mol. The van der Waals surface area contributed by atoms with Crippen molar-refractivity contribution in [2.24, 2.45) is 0 Å². The minimum atomic E-state index is -3.86. The molecule has 0 unspecified atom stereocenters. The van der Waals surface area contributed by atoms with E-state index in [0.717, 1.165) is 0 Å². The predicted octanol–water partition coefficient (Wildman–Crippen LogP) is 4.26. The molecule has 2 rings (SSSR count). The smallest absolute Gasteiger partial charge is 0.263 e. The first-order valence-electron chi connectivity index (χ1n) is 5.26. The molecule has 0 saturated carbocycles. The van der Waals surface area contributed by atoms with Gasteiger partial charge in [0.15, 0.2) is 0 Å². The van der Waals surface area contributed by atoms with Gasteiger partial charge in [0.25, 0.3) is 10.0 Å². The van der Waals surface area contributed by atoms with Crippen LogP contribution in [0.15, 0.2) is 45.8 Å². The quantitative estimate of drug-likeness (QED) is 0.761. The largest absolute Gasteiger partial charge is 0.507 e. The summed E-state index contributed by atoms with van der Waals surface area (Å²) in [6.45, 7) is 0. The molecule has 2 N–H and O–H groups in total. The van der Waals surface area contributed by atoms with E-state index in [0.29, 0.717) is 4.47 Å². The fraction of sp³-hybridized carbons (Fsp3) is 0. The van der Waals surface area contributed by atoms with Gasteiger partial charge >= 0.3 is 0 Å². The summed E-state index contributed by atoms with van der Waals surface area (Å²) in [5.74, 6) is 0.00809. The van der Waals surface area contributed by atoms with Crippen LogP contribution < -0.4 is 4.72 Å². The van der Waals surface area contributed by atoms with Gasteiger partial charge in [0.1, 0.15) is 10.6 Å². The van der Waals surface area contributed by atoms with Gasteiger partial charge in [-0.2, -0.15) is 0 Å². The Morgan fingerprint density at radius 1 is 1.10 bits per heavy atom. The number of aromatic hydroxyl groups is 1. The maximum absolute atomic E-state index is 12.2. The van der Waals surface area contributed by atoms with Crippen molar-refractivity contribution in [3.05, 3.63) is 50.9 Å². The van der Waals surface area contributed by atoms with Crippen molar-refractivity contribution in [1.29, 1.82) is 0 Å².